The van der Waals surface area contributed by atoms with Gasteiger partial charge in [0.2, 0.25) is 0 Å². The summed E-state index contributed by atoms with van der Waals surface area (Å²) in [5, 5.41) is 8.86. The highest BCUT2D eigenvalue weighted by atomic mass is 16.5. The van der Waals surface area contributed by atoms with E-state index in [0.717, 1.165) is 16.9 Å². The van der Waals surface area contributed by atoms with E-state index in [-0.39, 0.29) is 18.3 Å². The Morgan fingerprint density at radius 1 is 0.971 bits per heavy atom. The molecule has 0 saturated carbocycles. The van der Waals surface area contributed by atoms with Crippen LogP contribution in [0.4, 0.5) is 0 Å². The summed E-state index contributed by atoms with van der Waals surface area (Å²) in [4.78, 5) is 23.9. The van der Waals surface area contributed by atoms with Gasteiger partial charge in [-0.2, -0.15) is 0 Å². The molecule has 6 heteroatoms. The fraction of sp³-hybridized carbons (Fsp3) is 0.286. The molecule has 3 aromatic rings. The van der Waals surface area contributed by atoms with E-state index in [2.05, 4.69) is 0 Å². The molecule has 0 bridgehead atoms. The molecule has 0 aromatic heterocycles. The molecule has 1 N–H and O–H groups in total. The molecular formula is C28H30O6. The Kier molecular flexibility index (Phi) is 8.68. The zero-order valence-electron chi connectivity index (χ0n) is 19.7. The molecule has 1 unspecified atom stereocenters. The van der Waals surface area contributed by atoms with Crippen molar-refractivity contribution in [2.75, 3.05) is 13.7 Å². The molecule has 0 heterocycles. The molecule has 0 aliphatic rings. The lowest BCUT2D eigenvalue weighted by Gasteiger charge is -2.18. The van der Waals surface area contributed by atoms with E-state index in [9.17, 15) is 9.59 Å². The van der Waals surface area contributed by atoms with Crippen LogP contribution in [0.5, 0.6) is 17.2 Å². The molecule has 0 fully saturated rings. The van der Waals surface area contributed by atoms with E-state index < -0.39 is 5.97 Å². The molecule has 0 amide bonds. The highest BCUT2D eigenvalue weighted by molar-refractivity contribution is 6.10. The van der Waals surface area contributed by atoms with Crippen molar-refractivity contribution >= 4 is 11.8 Å². The highest BCUT2D eigenvalue weighted by Gasteiger charge is 2.18. The number of benzene rings is 3. The van der Waals surface area contributed by atoms with Crippen molar-refractivity contribution in [3.63, 3.8) is 0 Å². The van der Waals surface area contributed by atoms with Crippen LogP contribution in [0.25, 0.3) is 0 Å². The maximum absolute atomic E-state index is 13.1. The van der Waals surface area contributed by atoms with E-state index in [4.69, 9.17) is 19.3 Å². The predicted molar refractivity (Wildman–Crippen MR) is 130 cm³/mol. The molecule has 0 aliphatic carbocycles. The van der Waals surface area contributed by atoms with Crippen molar-refractivity contribution in [2.45, 2.75) is 39.2 Å². The second-order valence-corrected chi connectivity index (χ2v) is 8.10. The first-order valence-electron chi connectivity index (χ1n) is 11.3. The van der Waals surface area contributed by atoms with Crippen LogP contribution in [0.2, 0.25) is 0 Å². The van der Waals surface area contributed by atoms with Crippen LogP contribution < -0.4 is 14.2 Å². The number of ether oxygens (including phenoxy) is 3. The summed E-state index contributed by atoms with van der Waals surface area (Å²) in [7, 11) is 1.56. The van der Waals surface area contributed by atoms with Gasteiger partial charge in [-0.25, -0.2) is 0 Å². The van der Waals surface area contributed by atoms with Gasteiger partial charge in [0.05, 0.1) is 25.4 Å². The molecular weight excluding hydrogens is 432 g/mol. The zero-order valence-corrected chi connectivity index (χ0v) is 19.7. The van der Waals surface area contributed by atoms with Crippen molar-refractivity contribution in [3.05, 3.63) is 89.0 Å². The summed E-state index contributed by atoms with van der Waals surface area (Å²) < 4.78 is 17.3. The number of hydrogen-bond donors (Lipinski definition) is 1. The van der Waals surface area contributed by atoms with E-state index in [1.807, 2.05) is 50.2 Å². The Morgan fingerprint density at radius 2 is 1.71 bits per heavy atom. The SMILES string of the molecule is COc1ccc(OC(C)CCOc2ccc(CCC(=O)O)c(C)c2)c(C(=O)c2ccccc2)c1. The van der Waals surface area contributed by atoms with E-state index >= 15 is 0 Å². The molecule has 0 spiro atoms. The van der Waals surface area contributed by atoms with Crippen molar-refractivity contribution in [1.29, 1.82) is 0 Å². The van der Waals surface area contributed by atoms with Crippen LogP contribution in [0.1, 0.15) is 46.8 Å². The molecule has 178 valence electrons. The number of aryl methyl sites for hydroxylation is 2. The molecule has 0 radical (unpaired) electrons. The molecule has 0 aliphatic heterocycles. The summed E-state index contributed by atoms with van der Waals surface area (Å²) in [6, 6.07) is 20.0. The fourth-order valence-electron chi connectivity index (χ4n) is 3.56. The van der Waals surface area contributed by atoms with Gasteiger partial charge in [0, 0.05) is 18.4 Å². The van der Waals surface area contributed by atoms with Crippen LogP contribution in [0.3, 0.4) is 0 Å². The molecule has 3 aromatic carbocycles. The van der Waals surface area contributed by atoms with E-state index in [1.54, 1.807) is 37.4 Å². The molecule has 1 atom stereocenters. The standard InChI is InChI=1S/C28H30O6/c1-19-17-24(11-9-21(19)10-14-27(29)30)33-16-15-20(2)34-26-13-12-23(32-3)18-25(26)28(31)22-7-5-4-6-8-22/h4-9,11-13,17-18,20H,10,14-16H2,1-3H3,(H,29,30). The Hall–Kier alpha value is -3.80. The van der Waals surface area contributed by atoms with Gasteiger partial charge in [0.25, 0.3) is 0 Å². The minimum atomic E-state index is -0.806. The average molecular weight is 463 g/mol. The second kappa shape index (κ2) is 11.9. The normalized spacial score (nSPS) is 11.5. The Labute approximate surface area is 200 Å². The maximum atomic E-state index is 13.1. The van der Waals surface area contributed by atoms with Crippen LogP contribution in [0, 0.1) is 6.92 Å². The quantitative estimate of drug-likeness (QED) is 0.359. The van der Waals surface area contributed by atoms with Gasteiger partial charge in [0.15, 0.2) is 5.78 Å². The van der Waals surface area contributed by atoms with Gasteiger partial charge in [-0.1, -0.05) is 36.4 Å². The number of aliphatic carboxylic acids is 1. The molecule has 0 saturated heterocycles. The monoisotopic (exact) mass is 462 g/mol. The summed E-state index contributed by atoms with van der Waals surface area (Å²) in [6.07, 6.45) is 1.03. The minimum Gasteiger partial charge on any atom is -0.497 e. The summed E-state index contributed by atoms with van der Waals surface area (Å²) >= 11 is 0. The summed E-state index contributed by atoms with van der Waals surface area (Å²) in [5.41, 5.74) is 3.04. The first kappa shape index (κ1) is 24.8. The number of rotatable bonds is 12. The number of methoxy groups -OCH3 is 1. The fourth-order valence-corrected chi connectivity index (χ4v) is 3.56. The van der Waals surface area contributed by atoms with Gasteiger partial charge in [-0.15, -0.1) is 0 Å². The van der Waals surface area contributed by atoms with Crippen molar-refractivity contribution < 1.29 is 28.9 Å². The van der Waals surface area contributed by atoms with Crippen LogP contribution in [0.15, 0.2) is 66.7 Å². The Bertz CT molecular complexity index is 1120. The largest absolute Gasteiger partial charge is 0.497 e. The summed E-state index contributed by atoms with van der Waals surface area (Å²) in [6.45, 7) is 4.32. The molecule has 6 nitrogen and oxygen atoms in total. The van der Waals surface area contributed by atoms with Gasteiger partial charge in [0.1, 0.15) is 17.2 Å². The number of carboxylic acids is 1. The first-order valence-corrected chi connectivity index (χ1v) is 11.3. The molecule has 3 rings (SSSR count). The highest BCUT2D eigenvalue weighted by Crippen LogP contribution is 2.28. The van der Waals surface area contributed by atoms with Crippen molar-refractivity contribution in [1.82, 2.24) is 0 Å². The lowest BCUT2D eigenvalue weighted by molar-refractivity contribution is -0.136. The lowest BCUT2D eigenvalue weighted by Crippen LogP contribution is -2.17. The third kappa shape index (κ3) is 6.85. The third-order valence-electron chi connectivity index (χ3n) is 5.51. The van der Waals surface area contributed by atoms with Crippen molar-refractivity contribution in [3.8, 4) is 17.2 Å². The van der Waals surface area contributed by atoms with Crippen LogP contribution in [-0.2, 0) is 11.2 Å². The zero-order chi connectivity index (χ0) is 24.5. The van der Waals surface area contributed by atoms with E-state index in [0.29, 0.717) is 42.1 Å². The van der Waals surface area contributed by atoms with Gasteiger partial charge < -0.3 is 19.3 Å². The first-order chi connectivity index (χ1) is 16.4. The van der Waals surface area contributed by atoms with Gasteiger partial charge >= 0.3 is 5.97 Å². The third-order valence-corrected chi connectivity index (χ3v) is 5.51. The topological polar surface area (TPSA) is 82.1 Å². The minimum absolute atomic E-state index is 0.107. The second-order valence-electron chi connectivity index (χ2n) is 8.10. The number of carbonyl (C=O) groups excluding carboxylic acids is 1. The predicted octanol–water partition coefficient (Wildman–Crippen LogP) is 5.49. The lowest BCUT2D eigenvalue weighted by atomic mass is 10.0. The average Bonchev–Trinajstić information content (AvgIpc) is 2.83. The Balaban J connectivity index is 1.61. The van der Waals surface area contributed by atoms with E-state index in [1.165, 1.54) is 0 Å². The Morgan fingerprint density at radius 3 is 2.38 bits per heavy atom. The maximum Gasteiger partial charge on any atom is 0.303 e. The number of carboxylic acid groups (broad SMARTS) is 1. The number of ketones is 1. The number of carbonyl (C=O) groups is 2. The van der Waals surface area contributed by atoms with Crippen molar-refractivity contribution in [2.24, 2.45) is 0 Å². The molecule has 34 heavy (non-hydrogen) atoms. The van der Waals surface area contributed by atoms with Crippen LogP contribution >= 0.6 is 0 Å². The van der Waals surface area contributed by atoms with Gasteiger partial charge in [-0.3, -0.25) is 9.59 Å². The van der Waals surface area contributed by atoms with Crippen LogP contribution in [-0.4, -0.2) is 36.7 Å². The number of hydrogen-bond acceptors (Lipinski definition) is 5. The smallest absolute Gasteiger partial charge is 0.303 e. The van der Waals surface area contributed by atoms with Gasteiger partial charge in [-0.05, 0) is 61.7 Å². The summed E-state index contributed by atoms with van der Waals surface area (Å²) in [5.74, 6) is 0.884.